The van der Waals surface area contributed by atoms with Crippen molar-refractivity contribution in [3.8, 4) is 0 Å². The molecule has 0 saturated carbocycles. The second-order valence-corrected chi connectivity index (χ2v) is 6.65. The zero-order valence-corrected chi connectivity index (χ0v) is 13.5. The van der Waals surface area contributed by atoms with E-state index in [1.54, 1.807) is 17.0 Å². The minimum Gasteiger partial charge on any atom is -0.305 e. The van der Waals surface area contributed by atoms with Crippen LogP contribution in [0.1, 0.15) is 12.0 Å². The number of benzene rings is 2. The first-order valence-corrected chi connectivity index (χ1v) is 8.18. The van der Waals surface area contributed by atoms with Gasteiger partial charge in [0, 0.05) is 13.1 Å². The SMILES string of the molecule is O=C1[C@@H]2C[C@@H](CN2Cc2ccc(F)c(F)c2)N1c1ccccc1Cl. The Hall–Kier alpha value is -1.98. The van der Waals surface area contributed by atoms with Crippen LogP contribution in [-0.4, -0.2) is 29.4 Å². The molecule has 2 aromatic carbocycles. The van der Waals surface area contributed by atoms with Gasteiger partial charge in [0.1, 0.15) is 0 Å². The molecule has 2 heterocycles. The van der Waals surface area contributed by atoms with E-state index in [1.807, 2.05) is 23.1 Å². The number of halogens is 3. The van der Waals surface area contributed by atoms with Gasteiger partial charge in [-0.15, -0.1) is 0 Å². The third kappa shape index (κ3) is 2.48. The minimum atomic E-state index is -0.860. The Morgan fingerprint density at radius 2 is 1.92 bits per heavy atom. The van der Waals surface area contributed by atoms with Gasteiger partial charge in [-0.05, 0) is 36.2 Å². The van der Waals surface area contributed by atoms with Crippen molar-refractivity contribution in [2.24, 2.45) is 0 Å². The number of fused-ring (bicyclic) bond motifs is 2. The first kappa shape index (κ1) is 15.5. The second kappa shape index (κ2) is 5.83. The molecular weight excluding hydrogens is 334 g/mol. The number of amides is 1. The van der Waals surface area contributed by atoms with Crippen molar-refractivity contribution in [3.05, 3.63) is 64.7 Å². The van der Waals surface area contributed by atoms with E-state index in [2.05, 4.69) is 0 Å². The number of anilines is 1. The van der Waals surface area contributed by atoms with Crippen LogP contribution in [0, 0.1) is 11.6 Å². The molecule has 0 aliphatic carbocycles. The van der Waals surface area contributed by atoms with Crippen LogP contribution in [0.25, 0.3) is 0 Å². The summed E-state index contributed by atoms with van der Waals surface area (Å²) in [6.07, 6.45) is 0.730. The first-order chi connectivity index (χ1) is 11.5. The smallest absolute Gasteiger partial charge is 0.244 e. The highest BCUT2D eigenvalue weighted by Crippen LogP contribution is 2.39. The highest BCUT2D eigenvalue weighted by molar-refractivity contribution is 6.34. The van der Waals surface area contributed by atoms with Gasteiger partial charge in [-0.2, -0.15) is 0 Å². The van der Waals surface area contributed by atoms with Crippen LogP contribution >= 0.6 is 11.6 Å². The summed E-state index contributed by atoms with van der Waals surface area (Å²) in [7, 11) is 0. The van der Waals surface area contributed by atoms with Crippen LogP contribution in [0.15, 0.2) is 42.5 Å². The Balaban J connectivity index is 1.53. The lowest BCUT2D eigenvalue weighted by Crippen LogP contribution is -2.50. The molecule has 3 nitrogen and oxygen atoms in total. The number of hydrogen-bond donors (Lipinski definition) is 0. The lowest BCUT2D eigenvalue weighted by Gasteiger charge is -2.34. The van der Waals surface area contributed by atoms with Gasteiger partial charge in [0.05, 0.1) is 22.8 Å². The van der Waals surface area contributed by atoms with Crippen LogP contribution in [-0.2, 0) is 11.3 Å². The van der Waals surface area contributed by atoms with Crippen LogP contribution in [0.4, 0.5) is 14.5 Å². The molecule has 0 radical (unpaired) electrons. The molecule has 2 fully saturated rings. The number of hydrogen-bond acceptors (Lipinski definition) is 2. The number of piperazine rings is 1. The molecule has 0 unspecified atom stereocenters. The molecular formula is C18H15ClF2N2O. The summed E-state index contributed by atoms with van der Waals surface area (Å²) in [4.78, 5) is 16.5. The predicted octanol–water partition coefficient (Wildman–Crippen LogP) is 3.61. The molecule has 2 aliphatic rings. The standard InChI is InChI=1S/C18H15ClF2N2O/c19-13-3-1-2-4-16(13)23-12-8-17(18(23)24)22(10-12)9-11-5-6-14(20)15(21)7-11/h1-7,12,17H,8-10H2/t12-,17-/m0/s1. The van der Waals surface area contributed by atoms with Gasteiger partial charge in [-0.3, -0.25) is 9.69 Å². The summed E-state index contributed by atoms with van der Waals surface area (Å²) in [5, 5.41) is 0.561. The number of likely N-dealkylation sites (tertiary alicyclic amines) is 1. The molecule has 2 atom stereocenters. The van der Waals surface area contributed by atoms with E-state index >= 15 is 0 Å². The number of carbonyl (C=O) groups is 1. The van der Waals surface area contributed by atoms with E-state index in [4.69, 9.17) is 11.6 Å². The molecule has 2 aliphatic heterocycles. The van der Waals surface area contributed by atoms with Crippen molar-refractivity contribution in [2.45, 2.75) is 25.0 Å². The molecule has 1 amide bonds. The molecule has 4 rings (SSSR count). The largest absolute Gasteiger partial charge is 0.305 e. The van der Waals surface area contributed by atoms with E-state index < -0.39 is 11.6 Å². The van der Waals surface area contributed by atoms with Gasteiger partial charge in [-0.1, -0.05) is 29.8 Å². The lowest BCUT2D eigenvalue weighted by atomic mass is 10.1. The Morgan fingerprint density at radius 1 is 1.12 bits per heavy atom. The normalized spacial score (nSPS) is 23.3. The van der Waals surface area contributed by atoms with Gasteiger partial charge >= 0.3 is 0 Å². The third-order valence-corrected chi connectivity index (χ3v) is 5.07. The van der Waals surface area contributed by atoms with Crippen LogP contribution in [0.3, 0.4) is 0 Å². The van der Waals surface area contributed by atoms with Gasteiger partial charge in [-0.25, -0.2) is 8.78 Å². The molecule has 2 bridgehead atoms. The summed E-state index contributed by atoms with van der Waals surface area (Å²) in [6, 6.07) is 11.0. The average Bonchev–Trinajstić information content (AvgIpc) is 3.09. The molecule has 2 saturated heterocycles. The molecule has 0 N–H and O–H groups in total. The quantitative estimate of drug-likeness (QED) is 0.846. The summed E-state index contributed by atoms with van der Waals surface area (Å²) in [5.74, 6) is -1.70. The van der Waals surface area contributed by atoms with E-state index in [0.29, 0.717) is 23.7 Å². The van der Waals surface area contributed by atoms with Crippen LogP contribution < -0.4 is 4.90 Å². The monoisotopic (exact) mass is 348 g/mol. The zero-order chi connectivity index (χ0) is 16.8. The van der Waals surface area contributed by atoms with Gasteiger partial charge in [0.2, 0.25) is 5.91 Å². The molecule has 0 spiro atoms. The fourth-order valence-electron chi connectivity index (χ4n) is 3.67. The van der Waals surface area contributed by atoms with E-state index in [9.17, 15) is 13.6 Å². The number of carbonyl (C=O) groups excluding carboxylic acids is 1. The van der Waals surface area contributed by atoms with Gasteiger partial charge in [0.25, 0.3) is 0 Å². The van der Waals surface area contributed by atoms with Crippen LogP contribution in [0.2, 0.25) is 5.02 Å². The van der Waals surface area contributed by atoms with Crippen molar-refractivity contribution in [1.29, 1.82) is 0 Å². The number of para-hydroxylation sites is 1. The molecule has 24 heavy (non-hydrogen) atoms. The topological polar surface area (TPSA) is 23.6 Å². The second-order valence-electron chi connectivity index (χ2n) is 6.24. The first-order valence-electron chi connectivity index (χ1n) is 7.80. The average molecular weight is 349 g/mol. The number of nitrogens with zero attached hydrogens (tertiary/aromatic N) is 2. The summed E-state index contributed by atoms with van der Waals surface area (Å²) in [6.45, 7) is 1.13. The minimum absolute atomic E-state index is 0.0157. The maximum Gasteiger partial charge on any atom is 0.244 e. The molecule has 2 aromatic rings. The van der Waals surface area contributed by atoms with Crippen molar-refractivity contribution in [2.75, 3.05) is 11.4 Å². The third-order valence-electron chi connectivity index (χ3n) is 4.75. The summed E-state index contributed by atoms with van der Waals surface area (Å²) in [5.41, 5.74) is 1.41. The Labute approximate surface area is 143 Å². The van der Waals surface area contributed by atoms with Crippen molar-refractivity contribution in [3.63, 3.8) is 0 Å². The molecule has 6 heteroatoms. The highest BCUT2D eigenvalue weighted by Gasteiger charge is 2.50. The fourth-order valence-corrected chi connectivity index (χ4v) is 3.90. The van der Waals surface area contributed by atoms with Crippen molar-refractivity contribution in [1.82, 2.24) is 4.90 Å². The van der Waals surface area contributed by atoms with Gasteiger partial charge in [0.15, 0.2) is 11.6 Å². The molecule has 124 valence electrons. The molecule has 0 aromatic heterocycles. The van der Waals surface area contributed by atoms with Crippen molar-refractivity contribution < 1.29 is 13.6 Å². The number of rotatable bonds is 3. The fraction of sp³-hybridized carbons (Fsp3) is 0.278. The summed E-state index contributed by atoms with van der Waals surface area (Å²) >= 11 is 6.22. The van der Waals surface area contributed by atoms with E-state index in [0.717, 1.165) is 18.2 Å². The lowest BCUT2D eigenvalue weighted by molar-refractivity contribution is -0.122. The zero-order valence-electron chi connectivity index (χ0n) is 12.8. The Kier molecular flexibility index (Phi) is 3.77. The maximum absolute atomic E-state index is 13.4. The Bertz CT molecular complexity index is 813. The van der Waals surface area contributed by atoms with Crippen molar-refractivity contribution >= 4 is 23.2 Å². The van der Waals surface area contributed by atoms with E-state index in [1.165, 1.54) is 6.07 Å². The Morgan fingerprint density at radius 3 is 2.62 bits per heavy atom. The van der Waals surface area contributed by atoms with E-state index in [-0.39, 0.29) is 18.0 Å². The van der Waals surface area contributed by atoms with Crippen LogP contribution in [0.5, 0.6) is 0 Å². The maximum atomic E-state index is 13.4. The predicted molar refractivity (Wildman–Crippen MR) is 87.9 cm³/mol. The summed E-state index contributed by atoms with van der Waals surface area (Å²) < 4.78 is 26.4. The van der Waals surface area contributed by atoms with Gasteiger partial charge < -0.3 is 4.90 Å². The highest BCUT2D eigenvalue weighted by atomic mass is 35.5.